The molecule has 29 heavy (non-hydrogen) atoms. The number of nitro groups is 1. The Hall–Kier alpha value is -1.92. The fourth-order valence-corrected chi connectivity index (χ4v) is 5.15. The molecular formula is C17H22F3N3O5S. The van der Waals surface area contributed by atoms with Crippen molar-refractivity contribution in [3.8, 4) is 0 Å². The normalized spacial score (nSPS) is 24.2. The smallest absolute Gasteiger partial charge is 0.379 e. The average Bonchev–Trinajstić information content (AvgIpc) is 2.68. The summed E-state index contributed by atoms with van der Waals surface area (Å²) in [5.74, 6) is -1.45. The van der Waals surface area contributed by atoms with E-state index in [-0.39, 0.29) is 49.7 Å². The number of sulfonamides is 1. The number of hydrogen-bond acceptors (Lipinski definition) is 6. The zero-order valence-corrected chi connectivity index (χ0v) is 16.3. The highest BCUT2D eigenvalue weighted by atomic mass is 32.2. The molecule has 0 bridgehead atoms. The van der Waals surface area contributed by atoms with Crippen molar-refractivity contribution in [2.75, 3.05) is 31.6 Å². The van der Waals surface area contributed by atoms with Crippen LogP contribution < -0.4 is 5.32 Å². The zero-order chi connectivity index (χ0) is 21.2. The molecule has 0 unspecified atom stereocenters. The fourth-order valence-electron chi connectivity index (χ4n) is 3.72. The topological polar surface area (TPSA) is 102 Å². The lowest BCUT2D eigenvalue weighted by Gasteiger charge is -2.31. The molecule has 2 aliphatic rings. The monoisotopic (exact) mass is 437 g/mol. The van der Waals surface area contributed by atoms with Crippen molar-refractivity contribution >= 4 is 21.4 Å². The number of benzene rings is 1. The van der Waals surface area contributed by atoms with Gasteiger partial charge in [0.05, 0.1) is 29.0 Å². The predicted molar refractivity (Wildman–Crippen MR) is 98.1 cm³/mol. The molecule has 0 spiro atoms. The third-order valence-corrected chi connectivity index (χ3v) is 7.17. The Bertz CT molecular complexity index is 856. The van der Waals surface area contributed by atoms with Gasteiger partial charge in [-0.3, -0.25) is 10.1 Å². The number of rotatable bonds is 5. The number of ether oxygens (including phenoxy) is 1. The first kappa shape index (κ1) is 21.8. The van der Waals surface area contributed by atoms with Crippen molar-refractivity contribution in [2.24, 2.45) is 5.92 Å². The zero-order valence-electron chi connectivity index (χ0n) is 15.5. The third-order valence-electron chi connectivity index (χ3n) is 5.27. The SMILES string of the molecule is O=[N+]([O-])c1cc(S(=O)(=O)N2CCOCC2)ccc1N[C@@H]1CCC[C@@H](C(F)(F)F)C1. The molecule has 8 nitrogen and oxygen atoms in total. The van der Waals surface area contributed by atoms with Crippen LogP contribution in [0, 0.1) is 16.0 Å². The molecule has 1 heterocycles. The first-order chi connectivity index (χ1) is 13.6. The Morgan fingerprint density at radius 3 is 2.52 bits per heavy atom. The van der Waals surface area contributed by atoms with Gasteiger partial charge in [-0.25, -0.2) is 8.42 Å². The molecular weight excluding hydrogens is 415 g/mol. The Morgan fingerprint density at radius 2 is 1.90 bits per heavy atom. The van der Waals surface area contributed by atoms with Gasteiger partial charge in [0.1, 0.15) is 5.69 Å². The number of anilines is 1. The molecule has 1 N–H and O–H groups in total. The minimum atomic E-state index is -4.30. The summed E-state index contributed by atoms with van der Waals surface area (Å²) in [5, 5.41) is 14.3. The first-order valence-corrected chi connectivity index (χ1v) is 10.7. The van der Waals surface area contributed by atoms with Crippen molar-refractivity contribution < 1.29 is 31.2 Å². The summed E-state index contributed by atoms with van der Waals surface area (Å²) in [5.41, 5.74) is -0.461. The van der Waals surface area contributed by atoms with Crippen LogP contribution in [0.4, 0.5) is 24.5 Å². The van der Waals surface area contributed by atoms with Crippen molar-refractivity contribution in [3.63, 3.8) is 0 Å². The number of nitro benzene ring substituents is 1. The molecule has 1 aliphatic heterocycles. The van der Waals surface area contributed by atoms with Crippen LogP contribution in [0.3, 0.4) is 0 Å². The Labute approximate surface area is 166 Å². The maximum absolute atomic E-state index is 13.0. The van der Waals surface area contributed by atoms with Crippen LogP contribution in [0.2, 0.25) is 0 Å². The number of halogens is 3. The van der Waals surface area contributed by atoms with E-state index in [0.29, 0.717) is 12.8 Å². The summed E-state index contributed by atoms with van der Waals surface area (Å²) in [6.45, 7) is 0.778. The Morgan fingerprint density at radius 1 is 1.21 bits per heavy atom. The molecule has 162 valence electrons. The van der Waals surface area contributed by atoms with Gasteiger partial charge < -0.3 is 10.1 Å². The Balaban J connectivity index is 1.82. The van der Waals surface area contributed by atoms with Gasteiger partial charge in [0.2, 0.25) is 10.0 Å². The molecule has 1 saturated heterocycles. The largest absolute Gasteiger partial charge is 0.391 e. The number of nitrogens with one attached hydrogen (secondary N) is 1. The van der Waals surface area contributed by atoms with Crippen LogP contribution in [-0.2, 0) is 14.8 Å². The van der Waals surface area contributed by atoms with E-state index < -0.39 is 38.8 Å². The molecule has 12 heteroatoms. The summed E-state index contributed by atoms with van der Waals surface area (Å²) in [6.07, 6.45) is -3.62. The summed E-state index contributed by atoms with van der Waals surface area (Å²) in [7, 11) is -3.92. The van der Waals surface area contributed by atoms with E-state index in [9.17, 15) is 31.7 Å². The van der Waals surface area contributed by atoms with Crippen molar-refractivity contribution in [2.45, 2.75) is 42.8 Å². The molecule has 0 aromatic heterocycles. The maximum atomic E-state index is 13.0. The molecule has 2 atom stereocenters. The standard InChI is InChI=1S/C17H22F3N3O5S/c18-17(19,20)12-2-1-3-13(10-12)21-15-5-4-14(11-16(15)23(24)25)29(26,27)22-6-8-28-9-7-22/h4-5,11-13,21H,1-3,6-10H2/t12-,13-/m1/s1. The Kier molecular flexibility index (Phi) is 6.34. The molecule has 1 aromatic carbocycles. The second-order valence-electron chi connectivity index (χ2n) is 7.20. The molecule has 0 amide bonds. The maximum Gasteiger partial charge on any atom is 0.391 e. The molecule has 1 aliphatic carbocycles. The highest BCUT2D eigenvalue weighted by Crippen LogP contribution is 2.39. The van der Waals surface area contributed by atoms with E-state index in [1.54, 1.807) is 0 Å². The molecule has 3 rings (SSSR count). The van der Waals surface area contributed by atoms with Crippen LogP contribution in [-0.4, -0.2) is 56.2 Å². The van der Waals surface area contributed by atoms with E-state index in [2.05, 4.69) is 5.32 Å². The second kappa shape index (κ2) is 8.44. The van der Waals surface area contributed by atoms with Gasteiger partial charge in [0.25, 0.3) is 5.69 Å². The first-order valence-electron chi connectivity index (χ1n) is 9.28. The fraction of sp³-hybridized carbons (Fsp3) is 0.647. The van der Waals surface area contributed by atoms with E-state index in [0.717, 1.165) is 6.07 Å². The van der Waals surface area contributed by atoms with Crippen LogP contribution >= 0.6 is 0 Å². The van der Waals surface area contributed by atoms with Gasteiger partial charge in [-0.1, -0.05) is 6.42 Å². The second-order valence-corrected chi connectivity index (χ2v) is 9.14. The van der Waals surface area contributed by atoms with E-state index >= 15 is 0 Å². The lowest BCUT2D eigenvalue weighted by molar-refractivity contribution is -0.384. The molecule has 2 fully saturated rings. The lowest BCUT2D eigenvalue weighted by Crippen LogP contribution is -2.40. The predicted octanol–water partition coefficient (Wildman–Crippen LogP) is 3.15. The van der Waals surface area contributed by atoms with Crippen molar-refractivity contribution in [1.29, 1.82) is 0 Å². The van der Waals surface area contributed by atoms with Gasteiger partial charge in [-0.15, -0.1) is 0 Å². The van der Waals surface area contributed by atoms with Gasteiger partial charge in [0.15, 0.2) is 0 Å². The van der Waals surface area contributed by atoms with Crippen molar-refractivity contribution in [1.82, 2.24) is 4.31 Å². The highest BCUT2D eigenvalue weighted by Gasteiger charge is 2.42. The lowest BCUT2D eigenvalue weighted by atomic mass is 9.85. The minimum absolute atomic E-state index is 0.0174. The number of morpholine rings is 1. The van der Waals surface area contributed by atoms with Crippen LogP contribution in [0.1, 0.15) is 25.7 Å². The van der Waals surface area contributed by atoms with Gasteiger partial charge in [0, 0.05) is 25.2 Å². The highest BCUT2D eigenvalue weighted by molar-refractivity contribution is 7.89. The number of alkyl halides is 3. The van der Waals surface area contributed by atoms with E-state index in [1.165, 1.54) is 16.4 Å². The van der Waals surface area contributed by atoms with Gasteiger partial charge >= 0.3 is 6.18 Å². The van der Waals surface area contributed by atoms with E-state index in [1.807, 2.05) is 0 Å². The summed E-state index contributed by atoms with van der Waals surface area (Å²) < 4.78 is 70.8. The van der Waals surface area contributed by atoms with Crippen LogP contribution in [0.25, 0.3) is 0 Å². The summed E-state index contributed by atoms with van der Waals surface area (Å²) in [6, 6.07) is 2.88. The summed E-state index contributed by atoms with van der Waals surface area (Å²) >= 11 is 0. The third kappa shape index (κ3) is 4.98. The van der Waals surface area contributed by atoms with Gasteiger partial charge in [-0.05, 0) is 31.4 Å². The van der Waals surface area contributed by atoms with Crippen LogP contribution in [0.15, 0.2) is 23.1 Å². The minimum Gasteiger partial charge on any atom is -0.379 e. The molecule has 1 saturated carbocycles. The average molecular weight is 437 g/mol. The van der Waals surface area contributed by atoms with Crippen LogP contribution in [0.5, 0.6) is 0 Å². The molecule has 0 radical (unpaired) electrons. The van der Waals surface area contributed by atoms with Crippen molar-refractivity contribution in [3.05, 3.63) is 28.3 Å². The molecule has 1 aromatic rings. The quantitative estimate of drug-likeness (QED) is 0.561. The number of hydrogen-bond donors (Lipinski definition) is 1. The van der Waals surface area contributed by atoms with E-state index in [4.69, 9.17) is 4.74 Å². The van der Waals surface area contributed by atoms with Gasteiger partial charge in [-0.2, -0.15) is 17.5 Å². The summed E-state index contributed by atoms with van der Waals surface area (Å²) in [4.78, 5) is 10.5. The number of nitrogens with zero attached hydrogens (tertiary/aromatic N) is 2.